The Morgan fingerprint density at radius 3 is 2.37 bits per heavy atom. The van der Waals surface area contributed by atoms with Gasteiger partial charge in [-0.05, 0) is 12.5 Å². The van der Waals surface area contributed by atoms with Crippen molar-refractivity contribution in [2.24, 2.45) is 0 Å². The van der Waals surface area contributed by atoms with Crippen LogP contribution in [-0.4, -0.2) is 22.0 Å². The lowest BCUT2D eigenvalue weighted by atomic mass is 10.0. The molecule has 1 amide bonds. The van der Waals surface area contributed by atoms with Crippen molar-refractivity contribution in [3.63, 3.8) is 0 Å². The molecule has 1 N–H and O–H groups in total. The summed E-state index contributed by atoms with van der Waals surface area (Å²) in [7, 11) is -2.24. The van der Waals surface area contributed by atoms with Crippen LogP contribution in [-0.2, 0) is 20.5 Å². The highest BCUT2D eigenvalue weighted by molar-refractivity contribution is 7.86. The van der Waals surface area contributed by atoms with Crippen LogP contribution in [0.4, 0.5) is 13.2 Å². The minimum atomic E-state index is -4.82. The van der Waals surface area contributed by atoms with Crippen molar-refractivity contribution in [3.05, 3.63) is 35.4 Å². The van der Waals surface area contributed by atoms with Crippen molar-refractivity contribution < 1.29 is 22.2 Å². The molecule has 2 rings (SSSR count). The summed E-state index contributed by atoms with van der Waals surface area (Å²) >= 11 is 0. The molecule has 1 aromatic rings. The molecule has 0 radical (unpaired) electrons. The first-order chi connectivity index (χ1) is 8.77. The maximum absolute atomic E-state index is 13.4. The first kappa shape index (κ1) is 14.0. The molecule has 1 fully saturated rings. The summed E-state index contributed by atoms with van der Waals surface area (Å²) in [6.07, 6.45) is -4.97. The van der Waals surface area contributed by atoms with Gasteiger partial charge in [-0.2, -0.15) is 13.2 Å². The van der Waals surface area contributed by atoms with E-state index in [1.165, 1.54) is 24.3 Å². The van der Waals surface area contributed by atoms with Gasteiger partial charge in [-0.25, -0.2) is 0 Å². The van der Waals surface area contributed by atoms with E-state index in [0.717, 1.165) is 5.56 Å². The second kappa shape index (κ2) is 4.63. The molecule has 7 heteroatoms. The smallest absolute Gasteiger partial charge is 0.328 e. The zero-order valence-electron chi connectivity index (χ0n) is 10.1. The van der Waals surface area contributed by atoms with Crippen LogP contribution in [0.15, 0.2) is 24.3 Å². The molecule has 0 saturated carbocycles. The summed E-state index contributed by atoms with van der Waals surface area (Å²) in [4.78, 5) is 8.57. The van der Waals surface area contributed by atoms with Crippen molar-refractivity contribution in [2.45, 2.75) is 24.4 Å². The Balaban J connectivity index is 2.60. The van der Waals surface area contributed by atoms with Crippen molar-refractivity contribution in [3.8, 4) is 0 Å². The first-order valence-electron chi connectivity index (χ1n) is 5.61. The van der Waals surface area contributed by atoms with E-state index in [9.17, 15) is 22.2 Å². The number of rotatable bonds is 1. The van der Waals surface area contributed by atoms with Crippen LogP contribution >= 0.6 is 0 Å². The minimum absolute atomic E-state index is 0.156. The Hall–Kier alpha value is -1.37. The monoisotopic (exact) mass is 291 g/mol. The van der Waals surface area contributed by atoms with Gasteiger partial charge in [0.25, 0.3) is 0 Å². The fraction of sp³-hybridized carbons (Fsp3) is 0.417. The first-order valence-corrected chi connectivity index (χ1v) is 6.92. The third-order valence-electron chi connectivity index (χ3n) is 3.03. The third kappa shape index (κ3) is 2.27. The fourth-order valence-corrected chi connectivity index (χ4v) is 3.57. The number of alkyl halides is 3. The number of nitrogens with one attached hydrogen (secondary N) is 1. The van der Waals surface area contributed by atoms with Crippen LogP contribution in [0.1, 0.15) is 17.5 Å². The average Bonchev–Trinajstić information content (AvgIpc) is 2.32. The Morgan fingerprint density at radius 2 is 1.84 bits per heavy atom. The zero-order chi connectivity index (χ0) is 14.3. The summed E-state index contributed by atoms with van der Waals surface area (Å²) < 4.78 is 52.2. The van der Waals surface area contributed by atoms with Crippen molar-refractivity contribution in [2.75, 3.05) is 5.75 Å². The van der Waals surface area contributed by atoms with E-state index in [-0.39, 0.29) is 17.7 Å². The third-order valence-corrected chi connectivity index (χ3v) is 4.86. The van der Waals surface area contributed by atoms with Crippen LogP contribution in [0, 0.1) is 6.92 Å². The molecule has 0 aromatic heterocycles. The van der Waals surface area contributed by atoms with Gasteiger partial charge in [-0.15, -0.1) is 0 Å². The van der Waals surface area contributed by atoms with Gasteiger partial charge < -0.3 is 5.32 Å². The van der Waals surface area contributed by atoms with Crippen LogP contribution in [0.25, 0.3) is 0 Å². The number of halogens is 3. The SMILES string of the molecule is Cc1ccc(C2(C(F)(F)F)NC(=O)CCS2=O)cc1. The standard InChI is InChI=1S/C12H12F3NO2S/c1-8-2-4-9(5-3-8)11(12(13,14)15)16-10(17)6-7-19(11)18/h2-5H,6-7H2,1H3,(H,16,17). The summed E-state index contributed by atoms with van der Waals surface area (Å²) in [5.41, 5.74) is 0.589. The van der Waals surface area contributed by atoms with Crippen molar-refractivity contribution >= 4 is 16.7 Å². The molecule has 0 aliphatic carbocycles. The number of benzene rings is 1. The molecule has 2 unspecified atom stereocenters. The van der Waals surface area contributed by atoms with Crippen LogP contribution in [0.2, 0.25) is 0 Å². The number of amides is 1. The summed E-state index contributed by atoms with van der Waals surface area (Å²) in [5.74, 6) is -1.03. The maximum atomic E-state index is 13.4. The molecule has 19 heavy (non-hydrogen) atoms. The highest BCUT2D eigenvalue weighted by Crippen LogP contribution is 2.43. The highest BCUT2D eigenvalue weighted by atomic mass is 32.2. The number of hydrogen-bond donors (Lipinski definition) is 1. The molecule has 0 spiro atoms. The van der Waals surface area contributed by atoms with Crippen molar-refractivity contribution in [1.82, 2.24) is 5.32 Å². The lowest BCUT2D eigenvalue weighted by molar-refractivity contribution is -0.176. The number of carbonyl (C=O) groups excluding carboxylic acids is 1. The van der Waals surface area contributed by atoms with Gasteiger partial charge in [-0.1, -0.05) is 29.8 Å². The van der Waals surface area contributed by atoms with Gasteiger partial charge in [0, 0.05) is 12.2 Å². The molecule has 1 heterocycles. The van der Waals surface area contributed by atoms with E-state index in [0.29, 0.717) is 0 Å². The van der Waals surface area contributed by atoms with E-state index >= 15 is 0 Å². The highest BCUT2D eigenvalue weighted by Gasteiger charge is 2.62. The van der Waals surface area contributed by atoms with E-state index in [2.05, 4.69) is 0 Å². The molecule has 1 saturated heterocycles. The normalized spacial score (nSPS) is 28.0. The molecule has 0 bridgehead atoms. The Morgan fingerprint density at radius 1 is 1.26 bits per heavy atom. The Bertz CT molecular complexity index is 527. The summed E-state index contributed by atoms with van der Waals surface area (Å²) in [6.45, 7) is 1.74. The van der Waals surface area contributed by atoms with Gasteiger partial charge in [0.2, 0.25) is 10.8 Å². The van der Waals surface area contributed by atoms with Crippen LogP contribution < -0.4 is 5.32 Å². The molecule has 1 aliphatic rings. The van der Waals surface area contributed by atoms with Gasteiger partial charge in [0.1, 0.15) is 0 Å². The van der Waals surface area contributed by atoms with Crippen LogP contribution in [0.5, 0.6) is 0 Å². The fourth-order valence-electron chi connectivity index (χ4n) is 2.01. The van der Waals surface area contributed by atoms with Gasteiger partial charge in [0.15, 0.2) is 0 Å². The van der Waals surface area contributed by atoms with E-state index in [1.807, 2.05) is 5.32 Å². The number of carbonyl (C=O) groups is 1. The lowest BCUT2D eigenvalue weighted by Gasteiger charge is -2.38. The second-order valence-corrected chi connectivity index (χ2v) is 6.10. The summed E-state index contributed by atoms with van der Waals surface area (Å²) in [6, 6.07) is 5.51. The maximum Gasteiger partial charge on any atom is 0.427 e. The quantitative estimate of drug-likeness (QED) is 0.860. The van der Waals surface area contributed by atoms with E-state index < -0.39 is 27.8 Å². The predicted molar refractivity (Wildman–Crippen MR) is 64.7 cm³/mol. The number of hydrogen-bond acceptors (Lipinski definition) is 2. The lowest BCUT2D eigenvalue weighted by Crippen LogP contribution is -2.62. The molecule has 1 aromatic carbocycles. The van der Waals surface area contributed by atoms with Gasteiger partial charge in [-0.3, -0.25) is 9.00 Å². The van der Waals surface area contributed by atoms with Crippen molar-refractivity contribution in [1.29, 1.82) is 0 Å². The molecule has 1 aliphatic heterocycles. The minimum Gasteiger partial charge on any atom is -0.328 e. The molecular formula is C12H12F3NO2S. The number of aryl methyl sites for hydroxylation is 1. The average molecular weight is 291 g/mol. The van der Waals surface area contributed by atoms with Gasteiger partial charge >= 0.3 is 6.18 Å². The zero-order valence-corrected chi connectivity index (χ0v) is 10.9. The molecule has 104 valence electrons. The second-order valence-electron chi connectivity index (χ2n) is 4.39. The predicted octanol–water partition coefficient (Wildman–Crippen LogP) is 1.98. The Kier molecular flexibility index (Phi) is 3.42. The molecule has 2 atom stereocenters. The topological polar surface area (TPSA) is 46.2 Å². The molecule has 3 nitrogen and oxygen atoms in total. The Labute approximate surface area is 110 Å². The van der Waals surface area contributed by atoms with Gasteiger partial charge in [0.05, 0.1) is 10.8 Å². The van der Waals surface area contributed by atoms with Crippen LogP contribution in [0.3, 0.4) is 0 Å². The van der Waals surface area contributed by atoms with E-state index in [1.54, 1.807) is 6.92 Å². The molecular weight excluding hydrogens is 279 g/mol. The summed E-state index contributed by atoms with van der Waals surface area (Å²) in [5, 5.41) is 1.89. The largest absolute Gasteiger partial charge is 0.427 e. The van der Waals surface area contributed by atoms with E-state index in [4.69, 9.17) is 0 Å².